The Morgan fingerprint density at radius 2 is 0.800 bits per heavy atom. The smallest absolute Gasteiger partial charge is 0.0355 e. The largest absolute Gasteiger partial charge is 0.135 e. The van der Waals surface area contributed by atoms with E-state index in [1.165, 1.54) is 80.7 Å². The van der Waals surface area contributed by atoms with Crippen LogP contribution in [-0.2, 0) is 16.2 Å². The van der Waals surface area contributed by atoms with E-state index < -0.39 is 0 Å². The van der Waals surface area contributed by atoms with Gasteiger partial charge in [0.1, 0.15) is 0 Å². The van der Waals surface area contributed by atoms with Gasteiger partial charge in [-0.05, 0) is 107 Å². The molecule has 1 heterocycles. The molecule has 1 aromatic heterocycles. The van der Waals surface area contributed by atoms with Gasteiger partial charge in [-0.2, -0.15) is 0 Å². The molecule has 7 aromatic rings. The van der Waals surface area contributed by atoms with Crippen LogP contribution in [0.1, 0.15) is 79.0 Å². The summed E-state index contributed by atoms with van der Waals surface area (Å²) in [5.41, 5.74) is 9.41. The zero-order valence-electron chi connectivity index (χ0n) is 28.2. The van der Waals surface area contributed by atoms with Gasteiger partial charge in [0.25, 0.3) is 0 Å². The maximum atomic E-state index is 2.47. The number of thiophene rings is 1. The Hall–Kier alpha value is -3.94. The first-order valence-corrected chi connectivity index (χ1v) is 17.1. The van der Waals surface area contributed by atoms with Gasteiger partial charge in [0.2, 0.25) is 0 Å². The lowest BCUT2D eigenvalue weighted by Gasteiger charge is -2.31. The molecule has 0 fully saturated rings. The van der Waals surface area contributed by atoms with Crippen molar-refractivity contribution in [2.45, 2.75) is 78.6 Å². The van der Waals surface area contributed by atoms with Gasteiger partial charge in [-0.25, -0.2) is 0 Å². The van der Waals surface area contributed by atoms with Gasteiger partial charge in [0.05, 0.1) is 0 Å². The molecule has 0 saturated carbocycles. The fraction of sp³-hybridized carbons (Fsp3) is 0.273. The van der Waals surface area contributed by atoms with Crippen molar-refractivity contribution in [2.75, 3.05) is 0 Å². The maximum Gasteiger partial charge on any atom is 0.0355 e. The van der Waals surface area contributed by atoms with Crippen molar-refractivity contribution >= 4 is 53.1 Å². The average molecular weight is 605 g/mol. The van der Waals surface area contributed by atoms with Crippen LogP contribution in [0.15, 0.2) is 103 Å². The average Bonchev–Trinajstić information content (AvgIpc) is 3.35. The van der Waals surface area contributed by atoms with Crippen molar-refractivity contribution in [3.05, 3.63) is 120 Å². The van der Waals surface area contributed by atoms with E-state index in [1.807, 2.05) is 11.3 Å². The third-order valence-corrected chi connectivity index (χ3v) is 10.6. The number of benzene rings is 6. The van der Waals surface area contributed by atoms with Crippen molar-refractivity contribution in [1.29, 1.82) is 0 Å². The lowest BCUT2D eigenvalue weighted by molar-refractivity contribution is 0.590. The van der Waals surface area contributed by atoms with E-state index in [9.17, 15) is 0 Å². The Balaban J connectivity index is 1.48. The standard InChI is InChI=1S/C44H44S/c1-42(2,3)31-19-14-27(15-20-31)28-16-21-33-36(25-28)40(43(4,5)6)34-22-17-29(26-37(34)41(33)44(7,8)9)30-18-23-39-35(24-30)32-12-10-11-13-38(32)45-39/h10-26H,1-9H3. The Morgan fingerprint density at radius 1 is 0.356 bits per heavy atom. The molecular formula is C44H44S. The molecule has 0 aliphatic rings. The third kappa shape index (κ3) is 5.16. The van der Waals surface area contributed by atoms with Crippen LogP contribution in [0, 0.1) is 0 Å². The van der Waals surface area contributed by atoms with Crippen LogP contribution < -0.4 is 0 Å². The topological polar surface area (TPSA) is 0 Å². The highest BCUT2D eigenvalue weighted by Gasteiger charge is 2.28. The summed E-state index contributed by atoms with van der Waals surface area (Å²) in [6.07, 6.45) is 0. The second kappa shape index (κ2) is 10.3. The molecule has 1 heteroatoms. The van der Waals surface area contributed by atoms with Crippen LogP contribution in [0.2, 0.25) is 0 Å². The van der Waals surface area contributed by atoms with E-state index in [4.69, 9.17) is 0 Å². The monoisotopic (exact) mass is 604 g/mol. The zero-order chi connectivity index (χ0) is 31.9. The molecule has 226 valence electrons. The fourth-order valence-corrected chi connectivity index (χ4v) is 8.36. The van der Waals surface area contributed by atoms with Crippen LogP contribution in [-0.4, -0.2) is 0 Å². The first-order chi connectivity index (χ1) is 21.2. The van der Waals surface area contributed by atoms with E-state index in [2.05, 4.69) is 165 Å². The molecule has 0 bridgehead atoms. The molecule has 0 saturated heterocycles. The second-order valence-electron chi connectivity index (χ2n) is 15.9. The molecule has 7 rings (SSSR count). The summed E-state index contributed by atoms with van der Waals surface area (Å²) in [6, 6.07) is 39.4. The summed E-state index contributed by atoms with van der Waals surface area (Å²) in [6.45, 7) is 21.0. The van der Waals surface area contributed by atoms with Gasteiger partial charge in [-0.3, -0.25) is 0 Å². The minimum Gasteiger partial charge on any atom is -0.135 e. The van der Waals surface area contributed by atoms with Gasteiger partial charge in [0, 0.05) is 20.2 Å². The summed E-state index contributed by atoms with van der Waals surface area (Å²) < 4.78 is 2.70. The first kappa shape index (κ1) is 29.8. The Morgan fingerprint density at radius 3 is 1.33 bits per heavy atom. The summed E-state index contributed by atoms with van der Waals surface area (Å²) in [5.74, 6) is 0. The van der Waals surface area contributed by atoms with Gasteiger partial charge < -0.3 is 0 Å². The minimum absolute atomic E-state index is 0.0301. The van der Waals surface area contributed by atoms with Crippen molar-refractivity contribution in [3.63, 3.8) is 0 Å². The van der Waals surface area contributed by atoms with Crippen molar-refractivity contribution in [1.82, 2.24) is 0 Å². The van der Waals surface area contributed by atoms with Gasteiger partial charge >= 0.3 is 0 Å². The van der Waals surface area contributed by atoms with Crippen LogP contribution in [0.5, 0.6) is 0 Å². The SMILES string of the molecule is CC(C)(C)c1ccc(-c2ccc3c(C(C)(C)C)c4cc(-c5ccc6sc7ccccc7c6c5)ccc4c(C(C)(C)C)c3c2)cc1. The molecule has 0 radical (unpaired) electrons. The van der Waals surface area contributed by atoms with Crippen LogP contribution in [0.3, 0.4) is 0 Å². The molecule has 6 aromatic carbocycles. The molecule has 0 aliphatic heterocycles. The van der Waals surface area contributed by atoms with E-state index in [0.29, 0.717) is 0 Å². The fourth-order valence-electron chi connectivity index (χ4n) is 7.27. The molecule has 0 aliphatic carbocycles. The van der Waals surface area contributed by atoms with Crippen molar-refractivity contribution in [2.24, 2.45) is 0 Å². The normalized spacial score (nSPS) is 13.0. The Kier molecular flexibility index (Phi) is 6.81. The highest BCUT2D eigenvalue weighted by Crippen LogP contribution is 2.46. The molecule has 0 unspecified atom stereocenters. The number of hydrogen-bond donors (Lipinski definition) is 0. The Bertz CT molecular complexity index is 2240. The lowest BCUT2D eigenvalue weighted by atomic mass is 9.73. The summed E-state index contributed by atoms with van der Waals surface area (Å²) in [7, 11) is 0. The van der Waals surface area contributed by atoms with Gasteiger partial charge in [-0.15, -0.1) is 11.3 Å². The van der Waals surface area contributed by atoms with Gasteiger partial charge in [-0.1, -0.05) is 135 Å². The van der Waals surface area contributed by atoms with E-state index in [0.717, 1.165) is 0 Å². The van der Waals surface area contributed by atoms with Crippen LogP contribution in [0.4, 0.5) is 0 Å². The Labute approximate surface area is 272 Å². The third-order valence-electron chi connectivity index (χ3n) is 9.41. The lowest BCUT2D eigenvalue weighted by Crippen LogP contribution is -2.17. The van der Waals surface area contributed by atoms with E-state index in [1.54, 1.807) is 0 Å². The first-order valence-electron chi connectivity index (χ1n) is 16.3. The molecular weight excluding hydrogens is 561 g/mol. The summed E-state index contributed by atoms with van der Waals surface area (Å²) in [5, 5.41) is 8.17. The highest BCUT2D eigenvalue weighted by molar-refractivity contribution is 7.25. The van der Waals surface area contributed by atoms with Gasteiger partial charge in [0.15, 0.2) is 0 Å². The quantitative estimate of drug-likeness (QED) is 0.172. The van der Waals surface area contributed by atoms with Crippen molar-refractivity contribution < 1.29 is 0 Å². The molecule has 0 N–H and O–H groups in total. The molecule has 0 nitrogen and oxygen atoms in total. The van der Waals surface area contributed by atoms with E-state index >= 15 is 0 Å². The van der Waals surface area contributed by atoms with Crippen LogP contribution >= 0.6 is 11.3 Å². The number of rotatable bonds is 2. The summed E-state index contributed by atoms with van der Waals surface area (Å²) >= 11 is 1.88. The second-order valence-corrected chi connectivity index (χ2v) is 17.0. The summed E-state index contributed by atoms with van der Waals surface area (Å²) in [4.78, 5) is 0. The van der Waals surface area contributed by atoms with Crippen molar-refractivity contribution in [3.8, 4) is 22.3 Å². The van der Waals surface area contributed by atoms with Crippen LogP contribution in [0.25, 0.3) is 64.0 Å². The molecule has 0 atom stereocenters. The zero-order valence-corrected chi connectivity index (χ0v) is 29.0. The molecule has 45 heavy (non-hydrogen) atoms. The molecule has 0 spiro atoms. The maximum absolute atomic E-state index is 2.47. The highest BCUT2D eigenvalue weighted by atomic mass is 32.1. The predicted octanol–water partition coefficient (Wildman–Crippen LogP) is 13.6. The number of hydrogen-bond acceptors (Lipinski definition) is 1. The predicted molar refractivity (Wildman–Crippen MR) is 201 cm³/mol. The number of fused-ring (bicyclic) bond motifs is 5. The molecule has 0 amide bonds. The van der Waals surface area contributed by atoms with E-state index in [-0.39, 0.29) is 16.2 Å². The minimum atomic E-state index is -0.0328.